The molecule has 1 saturated carbocycles. The molecule has 0 bridgehead atoms. The maximum Gasteiger partial charge on any atom is 0.321 e. The number of carbonyl (C=O) groups is 1. The molecule has 2 rings (SSSR count). The molecule has 3 nitrogen and oxygen atoms in total. The fraction of sp³-hybridized carbons (Fsp3) is 0.909. The lowest BCUT2D eigenvalue weighted by Crippen LogP contribution is -2.46. The first-order valence-corrected chi connectivity index (χ1v) is 6.48. The van der Waals surface area contributed by atoms with Gasteiger partial charge in [-0.15, -0.1) is 11.8 Å². The zero-order valence-electron chi connectivity index (χ0n) is 9.54. The molecular weight excluding hydrogens is 210 g/mol. The van der Waals surface area contributed by atoms with E-state index in [-0.39, 0.29) is 10.9 Å². The number of carboxylic acids is 1. The number of hydrogen-bond acceptors (Lipinski definition) is 3. The summed E-state index contributed by atoms with van der Waals surface area (Å²) >= 11 is 1.81. The van der Waals surface area contributed by atoms with Crippen LogP contribution in [0.15, 0.2) is 0 Å². The molecule has 1 aliphatic carbocycles. The summed E-state index contributed by atoms with van der Waals surface area (Å²) in [5.74, 6) is 0.550. The van der Waals surface area contributed by atoms with Crippen molar-refractivity contribution in [3.63, 3.8) is 0 Å². The third-order valence-electron chi connectivity index (χ3n) is 3.62. The highest BCUT2D eigenvalue weighted by molar-refractivity contribution is 8.01. The zero-order chi connectivity index (χ0) is 11.3. The highest BCUT2D eigenvalue weighted by Crippen LogP contribution is 2.54. The molecule has 0 radical (unpaired) electrons. The molecule has 3 atom stereocenters. The van der Waals surface area contributed by atoms with E-state index in [2.05, 4.69) is 26.1 Å². The van der Waals surface area contributed by atoms with Gasteiger partial charge >= 0.3 is 5.97 Å². The Morgan fingerprint density at radius 2 is 2.20 bits per heavy atom. The summed E-state index contributed by atoms with van der Waals surface area (Å²) in [6.45, 7) is 6.78. The van der Waals surface area contributed by atoms with Gasteiger partial charge in [0.15, 0.2) is 0 Å². The van der Waals surface area contributed by atoms with Crippen molar-refractivity contribution < 1.29 is 9.90 Å². The molecule has 1 saturated heterocycles. The lowest BCUT2D eigenvalue weighted by Gasteiger charge is -2.29. The normalized spacial score (nSPS) is 43.7. The van der Waals surface area contributed by atoms with Crippen LogP contribution in [0.25, 0.3) is 0 Å². The first kappa shape index (κ1) is 11.3. The number of nitrogens with one attached hydrogen (secondary N) is 1. The Labute approximate surface area is 95.0 Å². The second-order valence-corrected chi connectivity index (χ2v) is 7.03. The highest BCUT2D eigenvalue weighted by Gasteiger charge is 2.53. The molecule has 0 aromatic heterocycles. The number of hydrogen-bond donors (Lipinski definition) is 2. The Morgan fingerprint density at radius 3 is 2.60 bits per heavy atom. The van der Waals surface area contributed by atoms with Crippen molar-refractivity contribution in [2.24, 2.45) is 11.3 Å². The molecule has 0 aromatic rings. The van der Waals surface area contributed by atoms with Crippen LogP contribution in [-0.4, -0.2) is 27.7 Å². The molecule has 2 unspecified atom stereocenters. The van der Waals surface area contributed by atoms with Crippen molar-refractivity contribution in [2.45, 2.75) is 44.5 Å². The van der Waals surface area contributed by atoms with E-state index in [0.717, 1.165) is 6.42 Å². The van der Waals surface area contributed by atoms with Crippen LogP contribution in [0, 0.1) is 11.3 Å². The van der Waals surface area contributed by atoms with E-state index < -0.39 is 5.97 Å². The quantitative estimate of drug-likeness (QED) is 0.721. The van der Waals surface area contributed by atoms with Crippen LogP contribution in [0.3, 0.4) is 0 Å². The van der Waals surface area contributed by atoms with E-state index in [0.29, 0.717) is 17.1 Å². The molecule has 1 aliphatic heterocycles. The van der Waals surface area contributed by atoms with Gasteiger partial charge in [0.05, 0.1) is 4.87 Å². The first-order valence-electron chi connectivity index (χ1n) is 5.49. The summed E-state index contributed by atoms with van der Waals surface area (Å²) in [5.41, 5.74) is 0.340. The van der Waals surface area contributed by atoms with Crippen LogP contribution in [0.1, 0.15) is 33.6 Å². The Hall–Kier alpha value is -0.220. The van der Waals surface area contributed by atoms with Crippen molar-refractivity contribution in [2.75, 3.05) is 5.75 Å². The van der Waals surface area contributed by atoms with Crippen LogP contribution >= 0.6 is 11.8 Å². The van der Waals surface area contributed by atoms with Gasteiger partial charge in [-0.25, -0.2) is 0 Å². The van der Waals surface area contributed by atoms with Crippen LogP contribution in [-0.2, 0) is 4.79 Å². The fourth-order valence-electron chi connectivity index (χ4n) is 3.08. The third kappa shape index (κ3) is 1.89. The summed E-state index contributed by atoms with van der Waals surface area (Å²) in [5, 5.41) is 12.3. The van der Waals surface area contributed by atoms with E-state index in [1.165, 1.54) is 6.42 Å². The van der Waals surface area contributed by atoms with Crippen molar-refractivity contribution in [3.8, 4) is 0 Å². The first-order chi connectivity index (χ1) is 6.85. The number of thioether (sulfide) groups is 1. The van der Waals surface area contributed by atoms with E-state index in [9.17, 15) is 4.79 Å². The summed E-state index contributed by atoms with van der Waals surface area (Å²) in [7, 11) is 0. The van der Waals surface area contributed by atoms with Gasteiger partial charge in [-0.3, -0.25) is 10.1 Å². The maximum absolute atomic E-state index is 10.9. The standard InChI is InChI=1S/C11H19NO2S/c1-7-4-10(2,3)6-11(7)12-8(5-15-11)9(13)14/h7-8,12H,4-6H2,1-3H3,(H,13,14)/t7?,8-,11?/m0/s1. The van der Waals surface area contributed by atoms with Gasteiger partial charge in [-0.1, -0.05) is 20.8 Å². The van der Waals surface area contributed by atoms with E-state index in [1.807, 2.05) is 11.8 Å². The molecule has 86 valence electrons. The number of rotatable bonds is 1. The predicted molar refractivity (Wildman–Crippen MR) is 61.9 cm³/mol. The molecule has 1 spiro atoms. The van der Waals surface area contributed by atoms with Gasteiger partial charge in [0.25, 0.3) is 0 Å². The highest BCUT2D eigenvalue weighted by atomic mass is 32.2. The molecular formula is C11H19NO2S. The van der Waals surface area contributed by atoms with Gasteiger partial charge in [-0.2, -0.15) is 0 Å². The third-order valence-corrected chi connectivity index (χ3v) is 5.30. The average molecular weight is 229 g/mol. The monoisotopic (exact) mass is 229 g/mol. The summed E-state index contributed by atoms with van der Waals surface area (Å²) < 4.78 is 0. The Balaban J connectivity index is 2.14. The van der Waals surface area contributed by atoms with Crippen LogP contribution in [0.4, 0.5) is 0 Å². The van der Waals surface area contributed by atoms with E-state index in [4.69, 9.17) is 5.11 Å². The van der Waals surface area contributed by atoms with Crippen molar-refractivity contribution in [1.82, 2.24) is 5.32 Å². The molecule has 4 heteroatoms. The average Bonchev–Trinajstić information content (AvgIpc) is 2.56. The lowest BCUT2D eigenvalue weighted by atomic mass is 9.91. The molecule has 0 amide bonds. The van der Waals surface area contributed by atoms with Gasteiger partial charge in [-0.05, 0) is 24.2 Å². The number of aliphatic carboxylic acids is 1. The summed E-state index contributed by atoms with van der Waals surface area (Å²) in [4.78, 5) is 11.0. The summed E-state index contributed by atoms with van der Waals surface area (Å²) in [6.07, 6.45) is 2.26. The largest absolute Gasteiger partial charge is 0.480 e. The zero-order valence-corrected chi connectivity index (χ0v) is 10.4. The Kier molecular flexibility index (Phi) is 2.54. The molecule has 15 heavy (non-hydrogen) atoms. The minimum absolute atomic E-state index is 0.0204. The number of carboxylic acid groups (broad SMARTS) is 1. The minimum Gasteiger partial charge on any atom is -0.480 e. The summed E-state index contributed by atoms with van der Waals surface area (Å²) in [6, 6.07) is -0.355. The second kappa shape index (κ2) is 3.39. The van der Waals surface area contributed by atoms with Crippen molar-refractivity contribution in [3.05, 3.63) is 0 Å². The van der Waals surface area contributed by atoms with E-state index in [1.54, 1.807) is 0 Å². The SMILES string of the molecule is CC1CC(C)(C)CC12N[C@H](C(=O)O)CS2. The molecule has 2 fully saturated rings. The van der Waals surface area contributed by atoms with E-state index >= 15 is 0 Å². The van der Waals surface area contributed by atoms with Crippen molar-refractivity contribution >= 4 is 17.7 Å². The Morgan fingerprint density at radius 1 is 1.53 bits per heavy atom. The second-order valence-electron chi connectivity index (χ2n) is 5.68. The molecule has 2 aliphatic rings. The smallest absolute Gasteiger partial charge is 0.321 e. The van der Waals surface area contributed by atoms with Gasteiger partial charge in [0.1, 0.15) is 6.04 Å². The van der Waals surface area contributed by atoms with Gasteiger partial charge < -0.3 is 5.11 Å². The predicted octanol–water partition coefficient (Wildman–Crippen LogP) is 1.93. The topological polar surface area (TPSA) is 49.3 Å². The minimum atomic E-state index is -0.712. The van der Waals surface area contributed by atoms with Crippen LogP contribution in [0.5, 0.6) is 0 Å². The molecule has 1 heterocycles. The molecule has 0 aromatic carbocycles. The lowest BCUT2D eigenvalue weighted by molar-refractivity contribution is -0.139. The maximum atomic E-state index is 10.9. The fourth-order valence-corrected chi connectivity index (χ4v) is 4.86. The van der Waals surface area contributed by atoms with Gasteiger partial charge in [0, 0.05) is 5.75 Å². The Bertz CT molecular complexity index is 292. The van der Waals surface area contributed by atoms with Crippen LogP contribution < -0.4 is 5.32 Å². The molecule has 2 N–H and O–H groups in total. The van der Waals surface area contributed by atoms with Crippen molar-refractivity contribution in [1.29, 1.82) is 0 Å². The van der Waals surface area contributed by atoms with Crippen LogP contribution in [0.2, 0.25) is 0 Å². The van der Waals surface area contributed by atoms with Gasteiger partial charge in [0.2, 0.25) is 0 Å².